The number of nitrogens with zero attached hydrogens (tertiary/aromatic N) is 3. The van der Waals surface area contributed by atoms with Crippen LogP contribution in [0.3, 0.4) is 0 Å². The Kier molecular flexibility index (Phi) is 3.98. The average Bonchev–Trinajstić information content (AvgIpc) is 3.14. The predicted octanol–water partition coefficient (Wildman–Crippen LogP) is 3.58. The molecule has 0 radical (unpaired) electrons. The minimum absolute atomic E-state index is 0.152. The molecule has 4 aromatic rings. The van der Waals surface area contributed by atoms with Crippen LogP contribution in [0.15, 0.2) is 58.1 Å². The fourth-order valence-electron chi connectivity index (χ4n) is 2.76. The van der Waals surface area contributed by atoms with Gasteiger partial charge in [0.15, 0.2) is 0 Å². The lowest BCUT2D eigenvalue weighted by molar-refractivity contribution is -0.159. The van der Waals surface area contributed by atoms with Crippen molar-refractivity contribution in [1.29, 1.82) is 0 Å². The number of fused-ring (bicyclic) bond motifs is 1. The summed E-state index contributed by atoms with van der Waals surface area (Å²) in [6, 6.07) is 10.8. The van der Waals surface area contributed by atoms with E-state index < -0.39 is 17.6 Å². The lowest BCUT2D eigenvalue weighted by Crippen LogP contribution is -2.14. The maximum Gasteiger partial charge on any atom is 0.471 e. The third-order valence-corrected chi connectivity index (χ3v) is 4.00. The van der Waals surface area contributed by atoms with Crippen molar-refractivity contribution >= 4 is 10.9 Å². The molecule has 9 heteroatoms. The first-order valence-electron chi connectivity index (χ1n) is 7.87. The fraction of sp³-hybridized carbons (Fsp3) is 0.111. The number of H-pyrrole nitrogens is 1. The van der Waals surface area contributed by atoms with Gasteiger partial charge >= 0.3 is 12.1 Å². The van der Waals surface area contributed by atoms with Crippen LogP contribution in [0.4, 0.5) is 13.2 Å². The predicted molar refractivity (Wildman–Crippen MR) is 89.9 cm³/mol. The number of alkyl halides is 3. The summed E-state index contributed by atoms with van der Waals surface area (Å²) in [7, 11) is 0. The van der Waals surface area contributed by atoms with Gasteiger partial charge in [0.25, 0.3) is 5.56 Å². The Bertz CT molecular complexity index is 1180. The summed E-state index contributed by atoms with van der Waals surface area (Å²) in [6.45, 7) is 0. The molecule has 0 saturated heterocycles. The first-order chi connectivity index (χ1) is 12.9. The molecule has 3 aromatic heterocycles. The van der Waals surface area contributed by atoms with Crippen molar-refractivity contribution in [2.45, 2.75) is 12.6 Å². The zero-order valence-electron chi connectivity index (χ0n) is 13.6. The Hall–Kier alpha value is -3.49. The lowest BCUT2D eigenvalue weighted by atomic mass is 10.0. The van der Waals surface area contributed by atoms with Gasteiger partial charge in [0.05, 0.1) is 5.52 Å². The molecule has 0 saturated carbocycles. The SMILES string of the molecule is O=c1[nH]ccc(-c2noc(C(F)(F)F)n2)c1Cc1cnc2ccccc2c1. The van der Waals surface area contributed by atoms with E-state index in [1.54, 1.807) is 6.20 Å². The number of para-hydroxylation sites is 1. The molecule has 0 unspecified atom stereocenters. The van der Waals surface area contributed by atoms with Crippen LogP contribution < -0.4 is 5.56 Å². The molecule has 6 nitrogen and oxygen atoms in total. The highest BCUT2D eigenvalue weighted by molar-refractivity contribution is 5.78. The molecule has 27 heavy (non-hydrogen) atoms. The second kappa shape index (κ2) is 6.35. The van der Waals surface area contributed by atoms with Gasteiger partial charge < -0.3 is 9.51 Å². The number of aromatic amines is 1. The van der Waals surface area contributed by atoms with Gasteiger partial charge in [-0.1, -0.05) is 23.4 Å². The first kappa shape index (κ1) is 17.0. The Morgan fingerprint density at radius 2 is 1.96 bits per heavy atom. The molecule has 0 spiro atoms. The summed E-state index contributed by atoms with van der Waals surface area (Å²) in [4.78, 5) is 22.5. The molecule has 0 aliphatic heterocycles. The highest BCUT2D eigenvalue weighted by Gasteiger charge is 2.38. The number of rotatable bonds is 3. The fourth-order valence-corrected chi connectivity index (χ4v) is 2.76. The van der Waals surface area contributed by atoms with E-state index >= 15 is 0 Å². The molecule has 0 bridgehead atoms. The van der Waals surface area contributed by atoms with Crippen molar-refractivity contribution in [2.75, 3.05) is 0 Å². The summed E-state index contributed by atoms with van der Waals surface area (Å²) in [5.74, 6) is -1.76. The van der Waals surface area contributed by atoms with Crippen molar-refractivity contribution in [3.05, 3.63) is 76.2 Å². The third kappa shape index (κ3) is 3.31. The Morgan fingerprint density at radius 3 is 2.74 bits per heavy atom. The van der Waals surface area contributed by atoms with Crippen molar-refractivity contribution in [1.82, 2.24) is 20.1 Å². The van der Waals surface area contributed by atoms with Gasteiger partial charge in [0.2, 0.25) is 5.82 Å². The third-order valence-electron chi connectivity index (χ3n) is 4.00. The summed E-state index contributed by atoms with van der Waals surface area (Å²) in [5, 5.41) is 4.26. The van der Waals surface area contributed by atoms with Crippen LogP contribution >= 0.6 is 0 Å². The summed E-state index contributed by atoms with van der Waals surface area (Å²) in [6.07, 6.45) is -1.66. The van der Waals surface area contributed by atoms with E-state index in [2.05, 4.69) is 24.6 Å². The van der Waals surface area contributed by atoms with Crippen molar-refractivity contribution in [3.8, 4) is 11.4 Å². The minimum Gasteiger partial charge on any atom is -0.329 e. The van der Waals surface area contributed by atoms with Crippen molar-refractivity contribution in [2.24, 2.45) is 0 Å². The minimum atomic E-state index is -4.76. The Labute approximate surface area is 149 Å². The highest BCUT2D eigenvalue weighted by atomic mass is 19.4. The quantitative estimate of drug-likeness (QED) is 0.594. The van der Waals surface area contributed by atoms with Gasteiger partial charge in [0.1, 0.15) is 0 Å². The highest BCUT2D eigenvalue weighted by Crippen LogP contribution is 2.30. The number of pyridine rings is 2. The summed E-state index contributed by atoms with van der Waals surface area (Å²) in [5.41, 5.74) is 1.48. The van der Waals surface area contributed by atoms with Gasteiger partial charge in [-0.3, -0.25) is 9.78 Å². The molecular formula is C18H11F3N4O2. The number of aromatic nitrogens is 4. The first-order valence-corrected chi connectivity index (χ1v) is 7.87. The monoisotopic (exact) mass is 372 g/mol. The van der Waals surface area contributed by atoms with Gasteiger partial charge in [-0.25, -0.2) is 0 Å². The van der Waals surface area contributed by atoms with Crippen LogP contribution in [0.5, 0.6) is 0 Å². The van der Waals surface area contributed by atoms with Gasteiger partial charge in [-0.05, 0) is 23.8 Å². The Balaban J connectivity index is 1.76. The average molecular weight is 372 g/mol. The number of hydrogen-bond donors (Lipinski definition) is 1. The number of hydrogen-bond acceptors (Lipinski definition) is 5. The Morgan fingerprint density at radius 1 is 1.15 bits per heavy atom. The van der Waals surface area contributed by atoms with Crippen LogP contribution in [0.2, 0.25) is 0 Å². The molecule has 0 fully saturated rings. The summed E-state index contributed by atoms with van der Waals surface area (Å²) < 4.78 is 42.4. The van der Waals surface area contributed by atoms with Gasteiger partial charge in [0, 0.05) is 35.3 Å². The normalized spacial score (nSPS) is 11.8. The second-order valence-corrected chi connectivity index (χ2v) is 5.83. The largest absolute Gasteiger partial charge is 0.471 e. The molecule has 1 N–H and O–H groups in total. The molecule has 0 aliphatic rings. The van der Waals surface area contributed by atoms with E-state index in [9.17, 15) is 18.0 Å². The van der Waals surface area contributed by atoms with E-state index in [4.69, 9.17) is 0 Å². The van der Waals surface area contributed by atoms with Crippen molar-refractivity contribution in [3.63, 3.8) is 0 Å². The number of nitrogens with one attached hydrogen (secondary N) is 1. The van der Waals surface area contributed by atoms with E-state index in [-0.39, 0.29) is 23.4 Å². The van der Waals surface area contributed by atoms with E-state index in [1.807, 2.05) is 30.3 Å². The van der Waals surface area contributed by atoms with Crippen LogP contribution in [-0.4, -0.2) is 20.1 Å². The molecule has 1 aromatic carbocycles. The molecule has 136 valence electrons. The van der Waals surface area contributed by atoms with Crippen LogP contribution in [0, 0.1) is 0 Å². The molecule has 4 rings (SSSR count). The van der Waals surface area contributed by atoms with Crippen LogP contribution in [0.25, 0.3) is 22.3 Å². The maximum atomic E-state index is 12.7. The van der Waals surface area contributed by atoms with Crippen LogP contribution in [-0.2, 0) is 12.6 Å². The molecular weight excluding hydrogens is 361 g/mol. The number of halogens is 3. The molecule has 0 aliphatic carbocycles. The van der Waals surface area contributed by atoms with E-state index in [0.717, 1.165) is 16.5 Å². The zero-order chi connectivity index (χ0) is 19.0. The van der Waals surface area contributed by atoms with Crippen LogP contribution in [0.1, 0.15) is 17.0 Å². The standard InChI is InChI=1S/C18H11F3N4O2/c19-18(20,21)17-24-15(25-27-17)12-5-6-22-16(26)13(12)8-10-7-11-3-1-2-4-14(11)23-9-10/h1-7,9H,8H2,(H,22,26). The zero-order valence-corrected chi connectivity index (χ0v) is 13.6. The van der Waals surface area contributed by atoms with Crippen molar-refractivity contribution < 1.29 is 17.7 Å². The smallest absolute Gasteiger partial charge is 0.329 e. The second-order valence-electron chi connectivity index (χ2n) is 5.83. The van der Waals surface area contributed by atoms with Gasteiger partial charge in [-0.15, -0.1) is 0 Å². The topological polar surface area (TPSA) is 84.7 Å². The molecule has 0 atom stereocenters. The summed E-state index contributed by atoms with van der Waals surface area (Å²) >= 11 is 0. The van der Waals surface area contributed by atoms with Gasteiger partial charge in [-0.2, -0.15) is 18.2 Å². The maximum absolute atomic E-state index is 12.7. The lowest BCUT2D eigenvalue weighted by Gasteiger charge is -2.06. The molecule has 0 amide bonds. The molecule has 3 heterocycles. The van der Waals surface area contributed by atoms with E-state index in [1.165, 1.54) is 12.3 Å². The van der Waals surface area contributed by atoms with E-state index in [0.29, 0.717) is 0 Å². The number of benzene rings is 1.